The maximum Gasteiger partial charge on any atom is 0.251 e. The van der Waals surface area contributed by atoms with Gasteiger partial charge >= 0.3 is 0 Å². The fraction of sp³-hybridized carbons (Fsp3) is 0.464. The van der Waals surface area contributed by atoms with Gasteiger partial charge in [-0.25, -0.2) is 0 Å². The molecule has 3 amide bonds. The zero-order valence-corrected chi connectivity index (χ0v) is 20.6. The van der Waals surface area contributed by atoms with Crippen molar-refractivity contribution in [2.24, 2.45) is 5.92 Å². The lowest BCUT2D eigenvalue weighted by atomic mass is 9.88. The molecule has 6 nitrogen and oxygen atoms in total. The lowest BCUT2D eigenvalue weighted by molar-refractivity contribution is -0.136. The zero-order valence-electron chi connectivity index (χ0n) is 20.6. The first-order valence-corrected chi connectivity index (χ1v) is 12.4. The van der Waals surface area contributed by atoms with Gasteiger partial charge in [0.2, 0.25) is 11.8 Å². The van der Waals surface area contributed by atoms with Crippen molar-refractivity contribution < 1.29 is 14.4 Å². The van der Waals surface area contributed by atoms with Crippen molar-refractivity contribution in [2.45, 2.75) is 52.5 Å². The van der Waals surface area contributed by atoms with Crippen molar-refractivity contribution >= 4 is 17.7 Å². The Morgan fingerprint density at radius 3 is 2.29 bits per heavy atom. The Morgan fingerprint density at radius 1 is 1.00 bits per heavy atom. The van der Waals surface area contributed by atoms with Crippen LogP contribution in [0, 0.1) is 12.8 Å². The van der Waals surface area contributed by atoms with Gasteiger partial charge in [-0.3, -0.25) is 14.4 Å². The average molecular weight is 464 g/mol. The molecule has 6 heteroatoms. The van der Waals surface area contributed by atoms with Gasteiger partial charge in [0.15, 0.2) is 0 Å². The zero-order chi connectivity index (χ0) is 24.5. The molecular weight excluding hydrogens is 426 g/mol. The number of carbonyl (C=O) groups is 3. The minimum atomic E-state index is -0.588. The third-order valence-corrected chi connectivity index (χ3v) is 6.74. The number of likely N-dealkylation sites (N-methyl/N-ethyl adjacent to an activating group) is 1. The molecule has 1 fully saturated rings. The molecule has 3 rings (SSSR count). The second-order valence-electron chi connectivity index (χ2n) is 9.03. The summed E-state index contributed by atoms with van der Waals surface area (Å²) in [5.74, 6) is -0.117. The van der Waals surface area contributed by atoms with Gasteiger partial charge in [-0.15, -0.1) is 0 Å². The molecule has 0 spiro atoms. The number of amides is 3. The minimum absolute atomic E-state index is 0.0000301. The number of hydrogen-bond acceptors (Lipinski definition) is 3. The van der Waals surface area contributed by atoms with Gasteiger partial charge in [0, 0.05) is 38.2 Å². The first kappa shape index (κ1) is 25.5. The first-order chi connectivity index (χ1) is 16.4. The van der Waals surface area contributed by atoms with Crippen LogP contribution in [0.2, 0.25) is 0 Å². The molecule has 0 bridgehead atoms. The summed E-state index contributed by atoms with van der Waals surface area (Å²) >= 11 is 0. The van der Waals surface area contributed by atoms with Crippen LogP contribution in [-0.4, -0.2) is 59.7 Å². The topological polar surface area (TPSA) is 69.7 Å². The van der Waals surface area contributed by atoms with Crippen molar-refractivity contribution in [2.75, 3.05) is 26.2 Å². The lowest BCUT2D eigenvalue weighted by Gasteiger charge is -2.37. The molecule has 0 radical (unpaired) electrons. The Bertz CT molecular complexity index is 964. The molecule has 1 aliphatic heterocycles. The molecule has 0 aliphatic carbocycles. The van der Waals surface area contributed by atoms with Crippen molar-refractivity contribution in [3.8, 4) is 0 Å². The normalized spacial score (nSPS) is 15.0. The van der Waals surface area contributed by atoms with Gasteiger partial charge in [-0.1, -0.05) is 48.0 Å². The first-order valence-electron chi connectivity index (χ1n) is 12.4. The summed E-state index contributed by atoms with van der Waals surface area (Å²) in [6, 6.07) is 16.9. The molecule has 1 heterocycles. The van der Waals surface area contributed by atoms with E-state index in [0.29, 0.717) is 51.0 Å². The Hall–Kier alpha value is -3.15. The van der Waals surface area contributed by atoms with E-state index in [1.165, 1.54) is 0 Å². The van der Waals surface area contributed by atoms with Crippen LogP contribution in [0.25, 0.3) is 0 Å². The summed E-state index contributed by atoms with van der Waals surface area (Å²) in [7, 11) is 0. The standard InChI is InChI=1S/C28H37N3O3/c1-4-30(5-2)28(34)26(29-27(33)24-13-9-10-21(3)20-24)23-16-18-31(19-17-23)25(32)15-14-22-11-7-6-8-12-22/h6-13,20,23,26H,4-5,14-19H2,1-3H3,(H,29,33)/t26-/m1/s1. The highest BCUT2D eigenvalue weighted by atomic mass is 16.2. The van der Waals surface area contributed by atoms with Crippen LogP contribution in [0.15, 0.2) is 54.6 Å². The van der Waals surface area contributed by atoms with E-state index in [0.717, 1.165) is 17.5 Å². The molecule has 2 aromatic carbocycles. The number of hydrogen-bond donors (Lipinski definition) is 1. The second-order valence-corrected chi connectivity index (χ2v) is 9.03. The van der Waals surface area contributed by atoms with Crippen molar-refractivity contribution in [3.05, 3.63) is 71.3 Å². The highest BCUT2D eigenvalue weighted by Gasteiger charge is 2.35. The van der Waals surface area contributed by atoms with E-state index in [9.17, 15) is 14.4 Å². The summed E-state index contributed by atoms with van der Waals surface area (Å²) in [5.41, 5.74) is 2.72. The molecule has 34 heavy (non-hydrogen) atoms. The number of benzene rings is 2. The number of nitrogens with zero attached hydrogens (tertiary/aromatic N) is 2. The number of nitrogens with one attached hydrogen (secondary N) is 1. The van der Waals surface area contributed by atoms with Crippen LogP contribution < -0.4 is 5.32 Å². The van der Waals surface area contributed by atoms with Crippen LogP contribution >= 0.6 is 0 Å². The third kappa shape index (κ3) is 6.69. The highest BCUT2D eigenvalue weighted by Crippen LogP contribution is 2.24. The molecule has 1 N–H and O–H groups in total. The second kappa shape index (κ2) is 12.4. The maximum atomic E-state index is 13.3. The molecule has 2 aromatic rings. The number of aryl methyl sites for hydroxylation is 2. The SMILES string of the molecule is CCN(CC)C(=O)[C@H](NC(=O)c1cccc(C)c1)C1CCN(C(=O)CCc2ccccc2)CC1. The fourth-order valence-electron chi connectivity index (χ4n) is 4.66. The molecule has 1 atom stereocenters. The average Bonchev–Trinajstić information content (AvgIpc) is 2.87. The smallest absolute Gasteiger partial charge is 0.251 e. The summed E-state index contributed by atoms with van der Waals surface area (Å²) < 4.78 is 0. The monoisotopic (exact) mass is 463 g/mol. The number of likely N-dealkylation sites (tertiary alicyclic amines) is 1. The van der Waals surface area contributed by atoms with Crippen LogP contribution in [-0.2, 0) is 16.0 Å². The van der Waals surface area contributed by atoms with E-state index in [1.807, 2.05) is 74.2 Å². The Balaban J connectivity index is 1.64. The van der Waals surface area contributed by atoms with E-state index in [-0.39, 0.29) is 23.6 Å². The van der Waals surface area contributed by atoms with Gasteiger partial charge < -0.3 is 15.1 Å². The molecule has 182 valence electrons. The number of rotatable bonds is 9. The molecule has 1 saturated heterocycles. The van der Waals surface area contributed by atoms with Gasteiger partial charge in [0.05, 0.1) is 0 Å². The van der Waals surface area contributed by atoms with Crippen molar-refractivity contribution in [1.82, 2.24) is 15.1 Å². The quantitative estimate of drug-likeness (QED) is 0.614. The van der Waals surface area contributed by atoms with Crippen molar-refractivity contribution in [3.63, 3.8) is 0 Å². The Labute approximate surface area is 203 Å². The summed E-state index contributed by atoms with van der Waals surface area (Å²) in [5, 5.41) is 3.04. The fourth-order valence-corrected chi connectivity index (χ4v) is 4.66. The highest BCUT2D eigenvalue weighted by molar-refractivity contribution is 5.97. The van der Waals surface area contributed by atoms with Crippen LogP contribution in [0.3, 0.4) is 0 Å². The molecule has 0 unspecified atom stereocenters. The number of piperidine rings is 1. The molecule has 0 saturated carbocycles. The summed E-state index contributed by atoms with van der Waals surface area (Å²) in [6.07, 6.45) is 2.61. The molecular formula is C28H37N3O3. The van der Waals surface area contributed by atoms with Crippen LogP contribution in [0.1, 0.15) is 54.6 Å². The van der Waals surface area contributed by atoms with E-state index < -0.39 is 6.04 Å². The predicted molar refractivity (Wildman–Crippen MR) is 134 cm³/mol. The Morgan fingerprint density at radius 2 is 1.68 bits per heavy atom. The van der Waals surface area contributed by atoms with Gasteiger partial charge in [-0.05, 0) is 63.6 Å². The van der Waals surface area contributed by atoms with E-state index in [4.69, 9.17) is 0 Å². The van der Waals surface area contributed by atoms with E-state index >= 15 is 0 Å². The summed E-state index contributed by atoms with van der Waals surface area (Å²) in [4.78, 5) is 42.8. The van der Waals surface area contributed by atoms with Crippen LogP contribution in [0.5, 0.6) is 0 Å². The lowest BCUT2D eigenvalue weighted by Crippen LogP contribution is -2.54. The van der Waals surface area contributed by atoms with E-state index in [1.54, 1.807) is 11.0 Å². The number of carbonyl (C=O) groups excluding carboxylic acids is 3. The van der Waals surface area contributed by atoms with E-state index in [2.05, 4.69) is 5.32 Å². The third-order valence-electron chi connectivity index (χ3n) is 6.74. The van der Waals surface area contributed by atoms with Crippen LogP contribution in [0.4, 0.5) is 0 Å². The van der Waals surface area contributed by atoms with Gasteiger partial charge in [0.25, 0.3) is 5.91 Å². The van der Waals surface area contributed by atoms with Gasteiger partial charge in [-0.2, -0.15) is 0 Å². The predicted octanol–water partition coefficient (Wildman–Crippen LogP) is 3.83. The minimum Gasteiger partial charge on any atom is -0.343 e. The maximum absolute atomic E-state index is 13.3. The van der Waals surface area contributed by atoms with Crippen molar-refractivity contribution in [1.29, 1.82) is 0 Å². The largest absolute Gasteiger partial charge is 0.343 e. The Kier molecular flexibility index (Phi) is 9.25. The molecule has 1 aliphatic rings. The van der Waals surface area contributed by atoms with Gasteiger partial charge in [0.1, 0.15) is 6.04 Å². The molecule has 0 aromatic heterocycles. The summed E-state index contributed by atoms with van der Waals surface area (Å²) in [6.45, 7) is 8.27.